The smallest absolute Gasteiger partial charge is 0.131 e. The van der Waals surface area contributed by atoms with Gasteiger partial charge >= 0.3 is 0 Å². The molecule has 0 amide bonds. The Bertz CT molecular complexity index is 1700. The first-order valence-electron chi connectivity index (χ1n) is 11.9. The highest BCUT2D eigenvalue weighted by Crippen LogP contribution is 2.48. The van der Waals surface area contributed by atoms with Gasteiger partial charge < -0.3 is 16.2 Å². The van der Waals surface area contributed by atoms with Gasteiger partial charge in [0.15, 0.2) is 0 Å². The number of anilines is 2. The summed E-state index contributed by atoms with van der Waals surface area (Å²) >= 11 is 0. The van der Waals surface area contributed by atoms with Gasteiger partial charge in [-0.1, -0.05) is 54.6 Å². The lowest BCUT2D eigenvalue weighted by Gasteiger charge is -2.29. The van der Waals surface area contributed by atoms with Gasteiger partial charge in [0.05, 0.1) is 0 Å². The van der Waals surface area contributed by atoms with Gasteiger partial charge in [0.2, 0.25) is 0 Å². The summed E-state index contributed by atoms with van der Waals surface area (Å²) in [7, 11) is 0. The number of hydrogen-bond acceptors (Lipinski definition) is 3. The van der Waals surface area contributed by atoms with Crippen molar-refractivity contribution in [1.82, 2.24) is 0 Å². The summed E-state index contributed by atoms with van der Waals surface area (Å²) in [6.07, 6.45) is 0.871. The highest BCUT2D eigenvalue weighted by atomic mass is 16.5. The molecule has 0 radical (unpaired) electrons. The molecule has 0 bridgehead atoms. The average Bonchev–Trinajstić information content (AvgIpc) is 2.86. The third kappa shape index (κ3) is 3.36. The SMILES string of the molecule is Nc1ccc2cc3c(cc2c1)C(Cc1ccc2ccccc2c1)c1cc2cc(N)ccc2cc1O3. The number of nitrogen functional groups attached to an aromatic ring is 2. The molecule has 168 valence electrons. The van der Waals surface area contributed by atoms with E-state index in [-0.39, 0.29) is 5.92 Å². The molecule has 6 aromatic rings. The van der Waals surface area contributed by atoms with Crippen molar-refractivity contribution in [1.29, 1.82) is 0 Å². The first kappa shape index (κ1) is 19.9. The maximum atomic E-state index is 6.53. The molecule has 0 fully saturated rings. The van der Waals surface area contributed by atoms with Crippen LogP contribution in [0, 0.1) is 0 Å². The van der Waals surface area contributed by atoms with Crippen molar-refractivity contribution in [2.75, 3.05) is 11.5 Å². The molecule has 0 aliphatic carbocycles. The highest BCUT2D eigenvalue weighted by molar-refractivity contribution is 5.91. The van der Waals surface area contributed by atoms with Crippen molar-refractivity contribution in [2.24, 2.45) is 0 Å². The Kier molecular flexibility index (Phi) is 4.27. The van der Waals surface area contributed by atoms with E-state index in [4.69, 9.17) is 16.2 Å². The predicted octanol–water partition coefficient (Wildman–Crippen LogP) is 7.79. The molecule has 0 saturated heterocycles. The Balaban J connectivity index is 1.44. The van der Waals surface area contributed by atoms with E-state index in [2.05, 4.69) is 78.9 Å². The van der Waals surface area contributed by atoms with E-state index in [0.29, 0.717) is 0 Å². The minimum atomic E-state index is 0.145. The van der Waals surface area contributed by atoms with Crippen molar-refractivity contribution in [2.45, 2.75) is 12.3 Å². The van der Waals surface area contributed by atoms with Crippen LogP contribution in [0.1, 0.15) is 22.6 Å². The van der Waals surface area contributed by atoms with Gasteiger partial charge in [-0.15, -0.1) is 0 Å². The Morgan fingerprint density at radius 2 is 1.06 bits per heavy atom. The average molecular weight is 453 g/mol. The molecule has 1 aliphatic heterocycles. The van der Waals surface area contributed by atoms with Gasteiger partial charge in [0.25, 0.3) is 0 Å². The van der Waals surface area contributed by atoms with Gasteiger partial charge in [-0.2, -0.15) is 0 Å². The molecule has 35 heavy (non-hydrogen) atoms. The zero-order valence-electron chi connectivity index (χ0n) is 19.2. The zero-order valence-corrected chi connectivity index (χ0v) is 19.2. The molecule has 3 heteroatoms. The second-order valence-electron chi connectivity index (χ2n) is 9.53. The standard InChI is InChI=1S/C32H24N2O/c33-26-9-7-22-17-31-29(15-24(22)13-26)28(12-19-5-6-20-3-1-2-4-21(20)11-19)30-16-25-14-27(34)10-8-23(25)18-32(30)35-31/h1-11,13-18,28H,12,33-34H2. The van der Waals surface area contributed by atoms with Crippen LogP contribution >= 0.6 is 0 Å². The maximum absolute atomic E-state index is 6.53. The summed E-state index contributed by atoms with van der Waals surface area (Å²) in [5.74, 6) is 1.97. The highest BCUT2D eigenvalue weighted by Gasteiger charge is 2.29. The summed E-state index contributed by atoms with van der Waals surface area (Å²) < 4.78 is 6.53. The Hall–Kier alpha value is -4.50. The van der Waals surface area contributed by atoms with Crippen LogP contribution in [0.2, 0.25) is 0 Å². The van der Waals surface area contributed by atoms with E-state index in [1.165, 1.54) is 27.5 Å². The van der Waals surface area contributed by atoms with Crippen LogP contribution in [0.25, 0.3) is 32.3 Å². The molecule has 0 spiro atoms. The Morgan fingerprint density at radius 1 is 0.514 bits per heavy atom. The van der Waals surface area contributed by atoms with E-state index < -0.39 is 0 Å². The monoisotopic (exact) mass is 452 g/mol. The van der Waals surface area contributed by atoms with Crippen LogP contribution in [0.5, 0.6) is 11.5 Å². The van der Waals surface area contributed by atoms with Crippen LogP contribution in [-0.4, -0.2) is 0 Å². The summed E-state index contributed by atoms with van der Waals surface area (Å²) in [5, 5.41) is 7.02. The van der Waals surface area contributed by atoms with E-state index in [1.807, 2.05) is 24.3 Å². The second kappa shape index (κ2) is 7.51. The van der Waals surface area contributed by atoms with E-state index in [0.717, 1.165) is 50.8 Å². The normalized spacial score (nSPS) is 13.0. The lowest BCUT2D eigenvalue weighted by Crippen LogP contribution is -2.13. The summed E-state index contributed by atoms with van der Waals surface area (Å²) in [4.78, 5) is 0. The molecule has 0 atom stereocenters. The van der Waals surface area contributed by atoms with Crippen molar-refractivity contribution >= 4 is 43.7 Å². The fraction of sp³-hybridized carbons (Fsp3) is 0.0625. The second-order valence-corrected chi connectivity index (χ2v) is 9.53. The number of benzene rings is 6. The van der Waals surface area contributed by atoms with Crippen LogP contribution in [0.4, 0.5) is 11.4 Å². The molecule has 1 aliphatic rings. The topological polar surface area (TPSA) is 61.3 Å². The van der Waals surface area contributed by atoms with E-state index >= 15 is 0 Å². The molecule has 4 N–H and O–H groups in total. The zero-order chi connectivity index (χ0) is 23.5. The lowest BCUT2D eigenvalue weighted by molar-refractivity contribution is 0.446. The Morgan fingerprint density at radius 3 is 1.69 bits per heavy atom. The molecule has 1 heterocycles. The fourth-order valence-corrected chi connectivity index (χ4v) is 5.45. The van der Waals surface area contributed by atoms with Crippen molar-refractivity contribution < 1.29 is 4.74 Å². The van der Waals surface area contributed by atoms with Crippen LogP contribution in [-0.2, 0) is 6.42 Å². The number of nitrogens with two attached hydrogens (primary N) is 2. The molecule has 0 saturated carbocycles. The maximum Gasteiger partial charge on any atom is 0.131 e. The lowest BCUT2D eigenvalue weighted by atomic mass is 9.81. The fourth-order valence-electron chi connectivity index (χ4n) is 5.45. The van der Waals surface area contributed by atoms with Gasteiger partial charge in [0.1, 0.15) is 11.5 Å². The van der Waals surface area contributed by atoms with E-state index in [9.17, 15) is 0 Å². The molecule has 6 aromatic carbocycles. The Labute approximate surface area is 203 Å². The number of fused-ring (bicyclic) bond motifs is 5. The van der Waals surface area contributed by atoms with Gasteiger partial charge in [-0.25, -0.2) is 0 Å². The number of rotatable bonds is 2. The quantitative estimate of drug-likeness (QED) is 0.264. The van der Waals surface area contributed by atoms with Crippen molar-refractivity contribution in [3.63, 3.8) is 0 Å². The summed E-state index contributed by atoms with van der Waals surface area (Å²) in [6, 6.07) is 36.2. The minimum absolute atomic E-state index is 0.145. The van der Waals surface area contributed by atoms with E-state index in [1.54, 1.807) is 0 Å². The van der Waals surface area contributed by atoms with Gasteiger partial charge in [0, 0.05) is 28.4 Å². The number of hydrogen-bond donors (Lipinski definition) is 2. The van der Waals surface area contributed by atoms with Crippen molar-refractivity contribution in [3.05, 3.63) is 120 Å². The summed E-state index contributed by atoms with van der Waals surface area (Å²) in [6.45, 7) is 0. The molecule has 7 rings (SSSR count). The third-order valence-corrected chi connectivity index (χ3v) is 7.21. The first-order chi connectivity index (χ1) is 17.1. The van der Waals surface area contributed by atoms with Crippen LogP contribution < -0.4 is 16.2 Å². The predicted molar refractivity (Wildman–Crippen MR) is 146 cm³/mol. The van der Waals surface area contributed by atoms with Gasteiger partial charge in [-0.3, -0.25) is 0 Å². The number of ether oxygens (including phenoxy) is 1. The molecule has 0 unspecified atom stereocenters. The molecule has 0 aromatic heterocycles. The molecule has 3 nitrogen and oxygen atoms in total. The van der Waals surface area contributed by atoms with Crippen LogP contribution in [0.3, 0.4) is 0 Å². The van der Waals surface area contributed by atoms with Crippen LogP contribution in [0.15, 0.2) is 103 Å². The largest absolute Gasteiger partial charge is 0.457 e. The molecular formula is C32H24N2O. The van der Waals surface area contributed by atoms with Gasteiger partial charge in [-0.05, 0) is 92.8 Å². The van der Waals surface area contributed by atoms with Crippen molar-refractivity contribution in [3.8, 4) is 11.5 Å². The summed E-state index contributed by atoms with van der Waals surface area (Å²) in [5.41, 5.74) is 17.4. The minimum Gasteiger partial charge on any atom is -0.457 e. The first-order valence-corrected chi connectivity index (χ1v) is 11.9. The third-order valence-electron chi connectivity index (χ3n) is 7.21. The molecular weight excluding hydrogens is 428 g/mol.